The molecule has 4 aromatic carbocycles. The number of hydrogen-bond acceptors (Lipinski definition) is 2. The second-order valence-electron chi connectivity index (χ2n) is 8.92. The van der Waals surface area contributed by atoms with E-state index in [0.717, 1.165) is 22.1 Å². The van der Waals surface area contributed by atoms with E-state index in [2.05, 4.69) is 116 Å². The third kappa shape index (κ3) is 4.14. The highest BCUT2D eigenvalue weighted by Crippen LogP contribution is 2.19. The Bertz CT molecular complexity index is 1440. The van der Waals surface area contributed by atoms with Crippen molar-refractivity contribution in [3.8, 4) is 0 Å². The van der Waals surface area contributed by atoms with Gasteiger partial charge in [-0.05, 0) is 24.3 Å². The molecular formula is C28H24Br2N6. The third-order valence-corrected chi connectivity index (χ3v) is 6.82. The molecule has 0 saturated carbocycles. The third-order valence-electron chi connectivity index (χ3n) is 6.82. The predicted molar refractivity (Wildman–Crippen MR) is 129 cm³/mol. The van der Waals surface area contributed by atoms with Crippen molar-refractivity contribution < 1.29 is 43.3 Å². The van der Waals surface area contributed by atoms with E-state index in [4.69, 9.17) is 10.4 Å². The number of aromatic nitrogens is 6. The molecule has 6 aromatic rings. The van der Waals surface area contributed by atoms with Crippen molar-refractivity contribution >= 4 is 22.1 Å². The summed E-state index contributed by atoms with van der Waals surface area (Å²) in [4.78, 5) is 0. The van der Waals surface area contributed by atoms with Crippen LogP contribution >= 0.6 is 0 Å². The van der Waals surface area contributed by atoms with Gasteiger partial charge in [0.1, 0.15) is 26.2 Å². The first-order valence-electron chi connectivity index (χ1n) is 11.7. The maximum absolute atomic E-state index is 5.05. The summed E-state index contributed by atoms with van der Waals surface area (Å²) in [7, 11) is 0. The number of halogens is 2. The predicted octanol–water partition coefficient (Wildman–Crippen LogP) is -2.52. The summed E-state index contributed by atoms with van der Waals surface area (Å²) in [6.45, 7) is 2.85. The minimum absolute atomic E-state index is 0. The van der Waals surface area contributed by atoms with Gasteiger partial charge in [0.2, 0.25) is 0 Å². The Labute approximate surface area is 229 Å². The number of para-hydroxylation sites is 4. The van der Waals surface area contributed by atoms with Crippen LogP contribution in [0.15, 0.2) is 97.1 Å². The van der Waals surface area contributed by atoms with Crippen molar-refractivity contribution in [2.75, 3.05) is 0 Å². The van der Waals surface area contributed by atoms with Crippen LogP contribution in [-0.4, -0.2) is 19.8 Å². The fraction of sp³-hybridized carbons (Fsp3) is 0.143. The van der Waals surface area contributed by atoms with Gasteiger partial charge in [0.05, 0.1) is 10.4 Å². The van der Waals surface area contributed by atoms with Gasteiger partial charge in [0, 0.05) is 22.3 Å². The summed E-state index contributed by atoms with van der Waals surface area (Å²) in [5, 5.41) is 10.1. The van der Waals surface area contributed by atoms with Gasteiger partial charge in [-0.2, -0.15) is 0 Å². The van der Waals surface area contributed by atoms with E-state index in [9.17, 15) is 0 Å². The molecule has 1 aliphatic rings. The van der Waals surface area contributed by atoms with E-state index >= 15 is 0 Å². The van der Waals surface area contributed by atoms with Crippen LogP contribution in [0.5, 0.6) is 0 Å². The number of hydrogen-bond donors (Lipinski definition) is 0. The largest absolute Gasteiger partial charge is 1.00 e. The summed E-state index contributed by atoms with van der Waals surface area (Å²) >= 11 is 0. The molecule has 1 aliphatic heterocycles. The standard InChI is InChI=1S/C28H24N6.2BrH/c1-2-10-22-18-32-27-15-7-8-16-28(27)34(30-32)20-24-12-4-3-11-23(24)19-33-26-14-6-5-13-25(26)31(29-33)17-21(22)9-1;;/h1-16H,17-20H2;2*1H/q+2;;/p-2. The Morgan fingerprint density at radius 1 is 0.472 bits per heavy atom. The summed E-state index contributed by atoms with van der Waals surface area (Å²) in [6.07, 6.45) is 0. The Balaban J connectivity index is 0.00000133. The molecule has 0 N–H and O–H groups in total. The van der Waals surface area contributed by atoms with Crippen LogP contribution in [0.25, 0.3) is 22.1 Å². The average Bonchev–Trinajstić information content (AvgIpc) is 3.39. The highest BCUT2D eigenvalue weighted by atomic mass is 79.9. The zero-order chi connectivity index (χ0) is 22.5. The number of nitrogens with zero attached hydrogens (tertiary/aromatic N) is 6. The lowest BCUT2D eigenvalue weighted by Crippen LogP contribution is -3.00. The summed E-state index contributed by atoms with van der Waals surface area (Å²) in [5.74, 6) is 0. The molecule has 0 radical (unpaired) electrons. The molecule has 4 bridgehead atoms. The molecule has 0 saturated heterocycles. The lowest BCUT2D eigenvalue weighted by molar-refractivity contribution is -0.725. The molecule has 6 nitrogen and oxygen atoms in total. The van der Waals surface area contributed by atoms with E-state index in [-0.39, 0.29) is 34.0 Å². The Hall–Kier alpha value is -3.36. The molecule has 180 valence electrons. The van der Waals surface area contributed by atoms with Crippen LogP contribution in [0.4, 0.5) is 0 Å². The molecular weight excluding hydrogens is 580 g/mol. The number of fused-ring (bicyclic) bond motifs is 12. The molecule has 0 unspecified atom stereocenters. The highest BCUT2D eigenvalue weighted by Gasteiger charge is 2.24. The Kier molecular flexibility index (Phi) is 6.73. The van der Waals surface area contributed by atoms with Gasteiger partial charge in [0.25, 0.3) is 0 Å². The average molecular weight is 604 g/mol. The smallest absolute Gasteiger partial charge is 0.198 e. The van der Waals surface area contributed by atoms with Crippen LogP contribution in [0.1, 0.15) is 22.3 Å². The van der Waals surface area contributed by atoms with E-state index < -0.39 is 0 Å². The van der Waals surface area contributed by atoms with Crippen LogP contribution in [0.2, 0.25) is 0 Å². The van der Waals surface area contributed by atoms with Crippen LogP contribution in [0, 0.1) is 0 Å². The fourth-order valence-electron chi connectivity index (χ4n) is 5.10. The molecule has 2 aromatic heterocycles. The molecule has 0 spiro atoms. The topological polar surface area (TPSA) is 43.4 Å². The first-order chi connectivity index (χ1) is 16.8. The first kappa shape index (κ1) is 24.3. The van der Waals surface area contributed by atoms with Gasteiger partial charge in [-0.1, -0.05) is 72.8 Å². The van der Waals surface area contributed by atoms with E-state index in [0.29, 0.717) is 26.2 Å². The van der Waals surface area contributed by atoms with Crippen molar-refractivity contribution in [3.63, 3.8) is 0 Å². The van der Waals surface area contributed by atoms with Gasteiger partial charge in [-0.3, -0.25) is 0 Å². The lowest BCUT2D eigenvalue weighted by atomic mass is 10.1. The molecule has 3 heterocycles. The van der Waals surface area contributed by atoms with Crippen molar-refractivity contribution in [2.24, 2.45) is 0 Å². The minimum Gasteiger partial charge on any atom is -1.00 e. The fourth-order valence-corrected chi connectivity index (χ4v) is 5.10. The van der Waals surface area contributed by atoms with Crippen LogP contribution in [-0.2, 0) is 26.2 Å². The monoisotopic (exact) mass is 602 g/mol. The lowest BCUT2D eigenvalue weighted by Gasteiger charge is -2.06. The summed E-state index contributed by atoms with van der Waals surface area (Å²) in [5.41, 5.74) is 9.60. The summed E-state index contributed by atoms with van der Waals surface area (Å²) in [6, 6.07) is 34.3. The van der Waals surface area contributed by atoms with Crippen molar-refractivity contribution in [3.05, 3.63) is 119 Å². The summed E-state index contributed by atoms with van der Waals surface area (Å²) < 4.78 is 8.52. The van der Waals surface area contributed by atoms with Crippen LogP contribution < -0.4 is 43.3 Å². The van der Waals surface area contributed by atoms with Gasteiger partial charge < -0.3 is 34.0 Å². The number of benzene rings is 4. The van der Waals surface area contributed by atoms with Crippen molar-refractivity contribution in [1.29, 1.82) is 0 Å². The molecule has 0 amide bonds. The second kappa shape index (κ2) is 9.95. The second-order valence-corrected chi connectivity index (χ2v) is 8.92. The van der Waals surface area contributed by atoms with Crippen LogP contribution in [0.3, 0.4) is 0 Å². The molecule has 8 heteroatoms. The minimum atomic E-state index is 0. The maximum Gasteiger partial charge on any atom is 0.198 e. The molecule has 0 aliphatic carbocycles. The number of rotatable bonds is 0. The Morgan fingerprint density at radius 3 is 1.28 bits per heavy atom. The molecule has 36 heavy (non-hydrogen) atoms. The van der Waals surface area contributed by atoms with Gasteiger partial charge >= 0.3 is 0 Å². The van der Waals surface area contributed by atoms with E-state index in [1.165, 1.54) is 22.3 Å². The van der Waals surface area contributed by atoms with Gasteiger partial charge in [-0.15, -0.1) is 18.7 Å². The zero-order valence-corrected chi connectivity index (χ0v) is 22.7. The van der Waals surface area contributed by atoms with Gasteiger partial charge in [-0.25, -0.2) is 0 Å². The van der Waals surface area contributed by atoms with E-state index in [1.807, 2.05) is 0 Å². The highest BCUT2D eigenvalue weighted by molar-refractivity contribution is 5.71. The first-order valence-corrected chi connectivity index (χ1v) is 11.7. The molecule has 0 fully saturated rings. The normalized spacial score (nSPS) is 12.7. The van der Waals surface area contributed by atoms with Crippen molar-refractivity contribution in [1.82, 2.24) is 19.8 Å². The zero-order valence-electron chi connectivity index (χ0n) is 19.5. The van der Waals surface area contributed by atoms with E-state index in [1.54, 1.807) is 0 Å². The quantitative estimate of drug-likeness (QED) is 0.180. The SMILES string of the molecule is [Br-].[Br-].c1ccc2c(c1)Cn1n[n+](c3ccccc31)Cc1ccccc1Cn1n[n+](c3ccccc31)C2. The molecule has 7 rings (SSSR count). The van der Waals surface area contributed by atoms with Crippen molar-refractivity contribution in [2.45, 2.75) is 26.2 Å². The Morgan fingerprint density at radius 2 is 0.833 bits per heavy atom. The molecule has 0 atom stereocenters. The van der Waals surface area contributed by atoms with Gasteiger partial charge in [0.15, 0.2) is 22.1 Å². The maximum atomic E-state index is 5.05.